The molecule has 0 spiro atoms. The van der Waals surface area contributed by atoms with Gasteiger partial charge in [0.1, 0.15) is 17.4 Å². The van der Waals surface area contributed by atoms with Crippen LogP contribution in [0.25, 0.3) is 11.0 Å². The van der Waals surface area contributed by atoms with Gasteiger partial charge < -0.3 is 19.4 Å². The summed E-state index contributed by atoms with van der Waals surface area (Å²) in [5.74, 6) is 0.630. The van der Waals surface area contributed by atoms with Gasteiger partial charge in [0, 0.05) is 23.2 Å². The zero-order valence-corrected chi connectivity index (χ0v) is 17.7. The summed E-state index contributed by atoms with van der Waals surface area (Å²) in [6.07, 6.45) is 1.41. The summed E-state index contributed by atoms with van der Waals surface area (Å²) < 4.78 is 11.2. The van der Waals surface area contributed by atoms with Crippen molar-refractivity contribution in [3.63, 3.8) is 0 Å². The molecule has 1 atom stereocenters. The van der Waals surface area contributed by atoms with E-state index in [0.29, 0.717) is 24.4 Å². The molecule has 1 fully saturated rings. The number of amides is 2. The zero-order chi connectivity index (χ0) is 21.4. The van der Waals surface area contributed by atoms with Gasteiger partial charge in [-0.2, -0.15) is 0 Å². The summed E-state index contributed by atoms with van der Waals surface area (Å²) in [6.45, 7) is 6.43. The van der Waals surface area contributed by atoms with Gasteiger partial charge in [-0.1, -0.05) is 12.1 Å². The second kappa shape index (κ2) is 7.86. The third-order valence-electron chi connectivity index (χ3n) is 5.85. The number of likely N-dealkylation sites (tertiary alicyclic amines) is 1. The molecule has 2 amide bonds. The maximum Gasteiger partial charge on any atom is 0.290 e. The molecule has 3 aromatic rings. The van der Waals surface area contributed by atoms with Gasteiger partial charge in [0.15, 0.2) is 5.76 Å². The summed E-state index contributed by atoms with van der Waals surface area (Å²) in [7, 11) is 1.60. The largest absolute Gasteiger partial charge is 0.497 e. The maximum absolute atomic E-state index is 13.3. The van der Waals surface area contributed by atoms with Gasteiger partial charge in [0.25, 0.3) is 5.91 Å². The Bertz CT molecular complexity index is 1110. The third kappa shape index (κ3) is 3.43. The molecule has 0 aliphatic carbocycles. The van der Waals surface area contributed by atoms with Crippen molar-refractivity contribution < 1.29 is 18.7 Å². The Labute approximate surface area is 175 Å². The van der Waals surface area contributed by atoms with Gasteiger partial charge in [-0.3, -0.25) is 9.59 Å². The Kier molecular flexibility index (Phi) is 5.24. The van der Waals surface area contributed by atoms with Gasteiger partial charge in [-0.25, -0.2) is 0 Å². The molecule has 1 unspecified atom stereocenters. The molecule has 0 radical (unpaired) electrons. The van der Waals surface area contributed by atoms with Crippen molar-refractivity contribution in [2.24, 2.45) is 0 Å². The molecule has 0 bridgehead atoms. The number of ether oxygens (including phenoxy) is 1. The van der Waals surface area contributed by atoms with E-state index in [-0.39, 0.29) is 11.8 Å². The number of fused-ring (bicyclic) bond motifs is 1. The predicted molar refractivity (Wildman–Crippen MR) is 116 cm³/mol. The molecule has 0 saturated carbocycles. The smallest absolute Gasteiger partial charge is 0.290 e. The first kappa shape index (κ1) is 20.0. The monoisotopic (exact) mass is 406 g/mol. The Morgan fingerprint density at radius 1 is 1.07 bits per heavy atom. The van der Waals surface area contributed by atoms with Crippen molar-refractivity contribution in [3.8, 4) is 5.75 Å². The average molecular weight is 406 g/mol. The number of rotatable bonds is 4. The quantitative estimate of drug-likeness (QED) is 0.687. The van der Waals surface area contributed by atoms with E-state index in [2.05, 4.69) is 5.32 Å². The molecule has 1 N–H and O–H groups in total. The zero-order valence-electron chi connectivity index (χ0n) is 17.7. The number of nitrogens with zero attached hydrogens (tertiary/aromatic N) is 1. The Morgan fingerprint density at radius 2 is 1.77 bits per heavy atom. The SMILES string of the molecule is COc1ccc(NC(=O)C2CCCN2C(=O)c2oc3c(C)ccc(C)c3c2C)cc1. The standard InChI is InChI=1S/C24H26N2O4/c1-14-7-8-15(2)21-20(14)16(3)22(30-21)24(28)26-13-5-6-19(26)23(27)25-17-9-11-18(29-4)12-10-17/h7-12,19H,5-6,13H2,1-4H3,(H,25,27). The lowest BCUT2D eigenvalue weighted by atomic mass is 10.0. The molecule has 6 nitrogen and oxygen atoms in total. The molecule has 1 aliphatic rings. The lowest BCUT2D eigenvalue weighted by Gasteiger charge is -2.23. The van der Waals surface area contributed by atoms with Crippen LogP contribution in [-0.4, -0.2) is 36.4 Å². The highest BCUT2D eigenvalue weighted by Crippen LogP contribution is 2.32. The van der Waals surface area contributed by atoms with Gasteiger partial charge in [0.2, 0.25) is 5.91 Å². The number of furan rings is 1. The van der Waals surface area contributed by atoms with Crippen molar-refractivity contribution in [1.29, 1.82) is 0 Å². The van der Waals surface area contributed by atoms with Crippen molar-refractivity contribution in [1.82, 2.24) is 4.90 Å². The number of aryl methyl sites for hydroxylation is 3. The number of nitrogens with one attached hydrogen (secondary N) is 1. The van der Waals surface area contributed by atoms with E-state index in [1.54, 1.807) is 36.3 Å². The van der Waals surface area contributed by atoms with E-state index in [0.717, 1.165) is 39.8 Å². The van der Waals surface area contributed by atoms with Crippen LogP contribution in [0.4, 0.5) is 5.69 Å². The number of benzene rings is 2. The van der Waals surface area contributed by atoms with Crippen molar-refractivity contribution in [2.45, 2.75) is 39.7 Å². The number of hydrogen-bond acceptors (Lipinski definition) is 4. The highest BCUT2D eigenvalue weighted by molar-refractivity contribution is 6.04. The van der Waals surface area contributed by atoms with Gasteiger partial charge in [-0.15, -0.1) is 0 Å². The maximum atomic E-state index is 13.3. The van der Waals surface area contributed by atoms with Crippen LogP contribution < -0.4 is 10.1 Å². The highest BCUT2D eigenvalue weighted by Gasteiger charge is 2.37. The van der Waals surface area contributed by atoms with Crippen LogP contribution in [0.15, 0.2) is 40.8 Å². The Balaban J connectivity index is 1.58. The molecule has 2 aromatic carbocycles. The minimum atomic E-state index is -0.519. The predicted octanol–water partition coefficient (Wildman–Crippen LogP) is 4.61. The number of methoxy groups -OCH3 is 1. The van der Waals surface area contributed by atoms with E-state index in [1.807, 2.05) is 32.9 Å². The number of carbonyl (C=O) groups excluding carboxylic acids is 2. The fourth-order valence-electron chi connectivity index (χ4n) is 4.19. The topological polar surface area (TPSA) is 71.8 Å². The normalized spacial score (nSPS) is 16.1. The van der Waals surface area contributed by atoms with E-state index < -0.39 is 6.04 Å². The summed E-state index contributed by atoms with van der Waals surface area (Å²) >= 11 is 0. The molecular weight excluding hydrogens is 380 g/mol. The number of hydrogen-bond donors (Lipinski definition) is 1. The highest BCUT2D eigenvalue weighted by atomic mass is 16.5. The van der Waals surface area contributed by atoms with Gasteiger partial charge in [0.05, 0.1) is 7.11 Å². The molecule has 6 heteroatoms. The van der Waals surface area contributed by atoms with Crippen LogP contribution in [-0.2, 0) is 4.79 Å². The van der Waals surface area contributed by atoms with E-state index in [1.165, 1.54) is 0 Å². The minimum Gasteiger partial charge on any atom is -0.497 e. The first-order valence-corrected chi connectivity index (χ1v) is 10.2. The average Bonchev–Trinajstić information content (AvgIpc) is 3.37. The number of anilines is 1. The first-order chi connectivity index (χ1) is 14.4. The fraction of sp³-hybridized carbons (Fsp3) is 0.333. The second-order valence-electron chi connectivity index (χ2n) is 7.83. The third-order valence-corrected chi connectivity index (χ3v) is 5.85. The molecule has 2 heterocycles. The lowest BCUT2D eigenvalue weighted by molar-refractivity contribution is -0.119. The van der Waals surface area contributed by atoms with Crippen molar-refractivity contribution in [2.75, 3.05) is 19.0 Å². The van der Waals surface area contributed by atoms with Crippen molar-refractivity contribution in [3.05, 3.63) is 58.8 Å². The van der Waals surface area contributed by atoms with Crippen LogP contribution >= 0.6 is 0 Å². The van der Waals surface area contributed by atoms with Crippen LogP contribution in [0, 0.1) is 20.8 Å². The molecule has 1 saturated heterocycles. The van der Waals surface area contributed by atoms with E-state index in [9.17, 15) is 9.59 Å². The van der Waals surface area contributed by atoms with Gasteiger partial charge in [-0.05, 0) is 69.0 Å². The summed E-state index contributed by atoms with van der Waals surface area (Å²) in [5.41, 5.74) is 4.32. The summed E-state index contributed by atoms with van der Waals surface area (Å²) in [4.78, 5) is 27.9. The molecule has 4 rings (SSSR count). The van der Waals surface area contributed by atoms with Crippen LogP contribution in [0.1, 0.15) is 40.1 Å². The molecule has 156 valence electrons. The Morgan fingerprint density at radius 3 is 2.43 bits per heavy atom. The van der Waals surface area contributed by atoms with Crippen LogP contribution in [0.5, 0.6) is 5.75 Å². The Hall–Kier alpha value is -3.28. The fourth-order valence-corrected chi connectivity index (χ4v) is 4.19. The van der Waals surface area contributed by atoms with Crippen LogP contribution in [0.3, 0.4) is 0 Å². The lowest BCUT2D eigenvalue weighted by Crippen LogP contribution is -2.43. The van der Waals surface area contributed by atoms with Crippen molar-refractivity contribution >= 4 is 28.5 Å². The van der Waals surface area contributed by atoms with Gasteiger partial charge >= 0.3 is 0 Å². The molecule has 1 aromatic heterocycles. The molecule has 30 heavy (non-hydrogen) atoms. The molecular formula is C24H26N2O4. The molecule has 1 aliphatic heterocycles. The first-order valence-electron chi connectivity index (χ1n) is 10.2. The van der Waals surface area contributed by atoms with E-state index in [4.69, 9.17) is 9.15 Å². The van der Waals surface area contributed by atoms with E-state index >= 15 is 0 Å². The second-order valence-corrected chi connectivity index (χ2v) is 7.83. The minimum absolute atomic E-state index is 0.188. The number of carbonyl (C=O) groups is 2. The summed E-state index contributed by atoms with van der Waals surface area (Å²) in [5, 5.41) is 3.90. The summed E-state index contributed by atoms with van der Waals surface area (Å²) in [6, 6.07) is 10.7. The van der Waals surface area contributed by atoms with Crippen LogP contribution in [0.2, 0.25) is 0 Å².